The maximum Gasteiger partial charge on any atom is 0.259 e. The number of aryl methyl sites for hydroxylation is 1. The van der Waals surface area contributed by atoms with Crippen LogP contribution in [0, 0.1) is 6.92 Å². The third-order valence-electron chi connectivity index (χ3n) is 5.11. The first kappa shape index (κ1) is 23.2. The minimum absolute atomic E-state index is 0.0196. The minimum Gasteiger partial charge on any atom is -0.393 e. The van der Waals surface area contributed by atoms with Crippen LogP contribution in [0.25, 0.3) is 11.5 Å². The summed E-state index contributed by atoms with van der Waals surface area (Å²) in [6.07, 6.45) is 1.86. The fraction of sp³-hybridized carbons (Fsp3) is 0.286. The molecule has 12 heteroatoms. The first-order valence-electron chi connectivity index (χ1n) is 10.2. The molecule has 0 bridgehead atoms. The zero-order chi connectivity index (χ0) is 23.6. The Bertz CT molecular complexity index is 1280. The highest BCUT2D eigenvalue weighted by atomic mass is 35.5. The van der Waals surface area contributed by atoms with Gasteiger partial charge < -0.3 is 5.11 Å². The zero-order valence-corrected chi connectivity index (χ0v) is 19.2. The maximum absolute atomic E-state index is 12.9. The van der Waals surface area contributed by atoms with Gasteiger partial charge in [-0.2, -0.15) is 14.3 Å². The topological polar surface area (TPSA) is 138 Å². The van der Waals surface area contributed by atoms with Crippen LogP contribution < -0.4 is 5.32 Å². The van der Waals surface area contributed by atoms with Gasteiger partial charge >= 0.3 is 0 Å². The molecule has 0 atom stereocenters. The Labute approximate surface area is 195 Å². The lowest BCUT2D eigenvalue weighted by Gasteiger charge is -2.28. The van der Waals surface area contributed by atoms with E-state index < -0.39 is 22.0 Å². The van der Waals surface area contributed by atoms with Crippen LogP contribution in [0.3, 0.4) is 0 Å². The van der Waals surface area contributed by atoms with Gasteiger partial charge in [-0.05, 0) is 50.1 Å². The summed E-state index contributed by atoms with van der Waals surface area (Å²) in [4.78, 5) is 29.6. The molecule has 1 aromatic carbocycles. The van der Waals surface area contributed by atoms with Crippen molar-refractivity contribution < 1.29 is 18.3 Å². The highest BCUT2D eigenvalue weighted by Crippen LogP contribution is 2.26. The van der Waals surface area contributed by atoms with E-state index in [0.717, 1.165) is 0 Å². The average molecular weight is 489 g/mol. The number of pyridine rings is 1. The minimum atomic E-state index is -3.79. The molecule has 2 N–H and O–H groups in total. The van der Waals surface area contributed by atoms with Gasteiger partial charge in [0.1, 0.15) is 11.5 Å². The van der Waals surface area contributed by atoms with Crippen LogP contribution >= 0.6 is 11.6 Å². The smallest absolute Gasteiger partial charge is 0.259 e. The van der Waals surface area contributed by atoms with E-state index in [2.05, 4.69) is 25.3 Å². The van der Waals surface area contributed by atoms with E-state index in [9.17, 15) is 18.3 Å². The summed E-state index contributed by atoms with van der Waals surface area (Å²) in [7, 11) is -3.79. The van der Waals surface area contributed by atoms with Gasteiger partial charge in [0.25, 0.3) is 5.91 Å². The molecule has 2 aromatic heterocycles. The third-order valence-corrected chi connectivity index (χ3v) is 7.32. The summed E-state index contributed by atoms with van der Waals surface area (Å²) in [5, 5.41) is 12.2. The second kappa shape index (κ2) is 9.48. The van der Waals surface area contributed by atoms with E-state index in [1.807, 2.05) is 0 Å². The van der Waals surface area contributed by atoms with Crippen molar-refractivity contribution in [3.63, 3.8) is 0 Å². The SMILES string of the molecule is Cc1nc(NC(=O)c2ccc(S(=O)(=O)N3CCC(O)CC3)cc2Cl)nc(-c2ccccn2)n1. The number of aliphatic hydroxyl groups excluding tert-OH is 1. The molecule has 3 heterocycles. The number of hydrogen-bond donors (Lipinski definition) is 2. The molecule has 4 rings (SSSR count). The van der Waals surface area contributed by atoms with E-state index >= 15 is 0 Å². The van der Waals surface area contributed by atoms with Crippen LogP contribution in [-0.2, 0) is 10.0 Å². The number of aliphatic hydroxyl groups is 1. The molecular formula is C21H21ClN6O4S. The molecule has 10 nitrogen and oxygen atoms in total. The lowest BCUT2D eigenvalue weighted by Crippen LogP contribution is -2.40. The normalized spacial score (nSPS) is 15.4. The maximum atomic E-state index is 12.9. The summed E-state index contributed by atoms with van der Waals surface area (Å²) in [5.74, 6) is 0.119. The standard InChI is InChI=1S/C21H21ClN6O4S/c1-13-24-19(18-4-2-3-9-23-18)26-21(25-13)27-20(30)16-6-5-15(12-17(16)22)33(31,32)28-10-7-14(29)8-11-28/h2-6,9,12,14,29H,7-8,10-11H2,1H3,(H,24,25,26,27,30). The molecule has 1 amide bonds. The third kappa shape index (κ3) is 5.17. The average Bonchev–Trinajstić information content (AvgIpc) is 2.79. The van der Waals surface area contributed by atoms with Crippen LogP contribution in [0.2, 0.25) is 5.02 Å². The van der Waals surface area contributed by atoms with Crippen molar-refractivity contribution in [1.82, 2.24) is 24.2 Å². The van der Waals surface area contributed by atoms with Crippen LogP contribution in [0.15, 0.2) is 47.5 Å². The number of halogens is 1. The molecule has 3 aromatic rings. The molecule has 0 aliphatic carbocycles. The van der Waals surface area contributed by atoms with Gasteiger partial charge in [-0.25, -0.2) is 13.4 Å². The summed E-state index contributed by atoms with van der Waals surface area (Å²) in [6.45, 7) is 2.11. The molecule has 1 fully saturated rings. The summed E-state index contributed by atoms with van der Waals surface area (Å²) in [5.41, 5.74) is 0.596. The van der Waals surface area contributed by atoms with Crippen LogP contribution in [0.4, 0.5) is 5.95 Å². The van der Waals surface area contributed by atoms with Gasteiger partial charge in [0.05, 0.1) is 21.6 Å². The number of sulfonamides is 1. The van der Waals surface area contributed by atoms with Gasteiger partial charge in [0.15, 0.2) is 5.82 Å². The van der Waals surface area contributed by atoms with Gasteiger partial charge in [-0.1, -0.05) is 17.7 Å². The van der Waals surface area contributed by atoms with Crippen LogP contribution in [0.5, 0.6) is 0 Å². The molecule has 0 saturated carbocycles. The zero-order valence-electron chi connectivity index (χ0n) is 17.6. The molecule has 0 radical (unpaired) electrons. The van der Waals surface area contributed by atoms with E-state index in [1.54, 1.807) is 31.3 Å². The second-order valence-corrected chi connectivity index (χ2v) is 9.82. The molecule has 172 valence electrons. The molecular weight excluding hydrogens is 468 g/mol. The molecule has 1 aliphatic rings. The Morgan fingerprint density at radius 2 is 1.91 bits per heavy atom. The Balaban J connectivity index is 1.55. The highest BCUT2D eigenvalue weighted by molar-refractivity contribution is 7.89. The Kier molecular flexibility index (Phi) is 6.66. The van der Waals surface area contributed by atoms with E-state index in [-0.39, 0.29) is 34.5 Å². The fourth-order valence-corrected chi connectivity index (χ4v) is 5.22. The largest absolute Gasteiger partial charge is 0.393 e. The van der Waals surface area contributed by atoms with Crippen molar-refractivity contribution in [3.8, 4) is 11.5 Å². The van der Waals surface area contributed by atoms with E-state index in [1.165, 1.54) is 22.5 Å². The Morgan fingerprint density at radius 3 is 2.58 bits per heavy atom. The predicted octanol–water partition coefficient (Wildman–Crippen LogP) is 2.29. The molecule has 1 aliphatic heterocycles. The van der Waals surface area contributed by atoms with Crippen molar-refractivity contribution in [1.29, 1.82) is 0 Å². The number of anilines is 1. The quantitative estimate of drug-likeness (QED) is 0.557. The molecule has 0 spiro atoms. The van der Waals surface area contributed by atoms with Gasteiger partial charge in [0.2, 0.25) is 16.0 Å². The lowest BCUT2D eigenvalue weighted by molar-refractivity contribution is 0.102. The Hall–Kier alpha value is -2.99. The predicted molar refractivity (Wildman–Crippen MR) is 121 cm³/mol. The number of carbonyl (C=O) groups is 1. The summed E-state index contributed by atoms with van der Waals surface area (Å²) < 4.78 is 27.1. The number of nitrogens with zero attached hydrogens (tertiary/aromatic N) is 5. The van der Waals surface area contributed by atoms with E-state index in [0.29, 0.717) is 30.2 Å². The number of rotatable bonds is 5. The first-order chi connectivity index (χ1) is 15.7. The molecule has 0 unspecified atom stereocenters. The van der Waals surface area contributed by atoms with Crippen molar-refractivity contribution in [2.45, 2.75) is 30.8 Å². The second-order valence-electron chi connectivity index (χ2n) is 7.48. The molecule has 33 heavy (non-hydrogen) atoms. The number of amides is 1. The van der Waals surface area contributed by atoms with Crippen LogP contribution in [-0.4, -0.2) is 62.9 Å². The number of nitrogens with one attached hydrogen (secondary N) is 1. The number of benzene rings is 1. The Morgan fingerprint density at radius 1 is 1.15 bits per heavy atom. The van der Waals surface area contributed by atoms with Gasteiger partial charge in [-0.15, -0.1) is 0 Å². The van der Waals surface area contributed by atoms with E-state index in [4.69, 9.17) is 11.6 Å². The summed E-state index contributed by atoms with van der Waals surface area (Å²) >= 11 is 6.27. The first-order valence-corrected chi connectivity index (χ1v) is 12.0. The molecule has 1 saturated heterocycles. The van der Waals surface area contributed by atoms with Crippen molar-refractivity contribution >= 4 is 33.5 Å². The lowest BCUT2D eigenvalue weighted by atomic mass is 10.1. The van der Waals surface area contributed by atoms with Crippen molar-refractivity contribution in [3.05, 3.63) is 59.0 Å². The number of aromatic nitrogens is 4. The monoisotopic (exact) mass is 488 g/mol. The van der Waals surface area contributed by atoms with Crippen molar-refractivity contribution in [2.24, 2.45) is 0 Å². The van der Waals surface area contributed by atoms with Crippen LogP contribution in [0.1, 0.15) is 29.0 Å². The number of piperidine rings is 1. The highest BCUT2D eigenvalue weighted by Gasteiger charge is 2.29. The number of hydrogen-bond acceptors (Lipinski definition) is 8. The fourth-order valence-electron chi connectivity index (χ4n) is 3.39. The van der Waals surface area contributed by atoms with Gasteiger partial charge in [-0.3, -0.25) is 15.1 Å². The van der Waals surface area contributed by atoms with Crippen molar-refractivity contribution in [2.75, 3.05) is 18.4 Å². The summed E-state index contributed by atoms with van der Waals surface area (Å²) in [6, 6.07) is 9.21. The number of carbonyl (C=O) groups excluding carboxylic acids is 1. The van der Waals surface area contributed by atoms with Gasteiger partial charge in [0, 0.05) is 19.3 Å².